The number of amides is 1. The van der Waals surface area contributed by atoms with E-state index in [1.165, 1.54) is 12.5 Å². The molecule has 0 radical (unpaired) electrons. The molecule has 4 nitrogen and oxygen atoms in total. The summed E-state index contributed by atoms with van der Waals surface area (Å²) in [6, 6.07) is 14.1. The van der Waals surface area contributed by atoms with E-state index in [9.17, 15) is 4.79 Å². The number of hydrogen-bond donors (Lipinski definition) is 1. The molecule has 0 saturated heterocycles. The molecule has 20 heavy (non-hydrogen) atoms. The van der Waals surface area contributed by atoms with Gasteiger partial charge in [-0.3, -0.25) is 4.79 Å². The third-order valence-corrected chi connectivity index (χ3v) is 3.02. The fraction of sp³-hybridized carbons (Fsp3) is 0.250. The number of aromatic nitrogens is 1. The fourth-order valence-electron chi connectivity index (χ4n) is 2.02. The highest BCUT2D eigenvalue weighted by atomic mass is 16.1. The van der Waals surface area contributed by atoms with E-state index in [-0.39, 0.29) is 5.91 Å². The van der Waals surface area contributed by atoms with Crippen LogP contribution in [-0.4, -0.2) is 17.4 Å². The molecule has 4 heteroatoms. The molecular weight excluding hydrogens is 250 g/mol. The van der Waals surface area contributed by atoms with Crippen molar-refractivity contribution in [1.82, 2.24) is 4.98 Å². The van der Waals surface area contributed by atoms with E-state index >= 15 is 0 Å². The lowest BCUT2D eigenvalue weighted by molar-refractivity contribution is -0.114. The van der Waals surface area contributed by atoms with Gasteiger partial charge in [0.05, 0.1) is 11.9 Å². The molecule has 0 aliphatic carbocycles. The molecule has 0 fully saturated rings. The summed E-state index contributed by atoms with van der Waals surface area (Å²) in [5.74, 6) is 0.471. The Morgan fingerprint density at radius 3 is 2.50 bits per heavy atom. The second kappa shape index (κ2) is 6.70. The number of pyridine rings is 1. The van der Waals surface area contributed by atoms with Crippen molar-refractivity contribution in [1.29, 1.82) is 0 Å². The SMILES string of the molecule is CCN(Cc1ccccc1)c1ccc(NC(C)=O)nc1. The van der Waals surface area contributed by atoms with Gasteiger partial charge in [-0.05, 0) is 24.6 Å². The van der Waals surface area contributed by atoms with Crippen LogP contribution in [0.3, 0.4) is 0 Å². The topological polar surface area (TPSA) is 45.2 Å². The van der Waals surface area contributed by atoms with Gasteiger partial charge in [0.25, 0.3) is 0 Å². The van der Waals surface area contributed by atoms with Crippen LogP contribution in [0.5, 0.6) is 0 Å². The fourth-order valence-corrected chi connectivity index (χ4v) is 2.02. The summed E-state index contributed by atoms with van der Waals surface area (Å²) in [5, 5.41) is 2.67. The lowest BCUT2D eigenvalue weighted by atomic mass is 10.2. The van der Waals surface area contributed by atoms with Gasteiger partial charge in [-0.15, -0.1) is 0 Å². The van der Waals surface area contributed by atoms with Gasteiger partial charge >= 0.3 is 0 Å². The number of benzene rings is 1. The lowest BCUT2D eigenvalue weighted by Crippen LogP contribution is -2.22. The van der Waals surface area contributed by atoms with Gasteiger partial charge in [-0.2, -0.15) is 0 Å². The monoisotopic (exact) mass is 269 g/mol. The summed E-state index contributed by atoms with van der Waals surface area (Å²) in [7, 11) is 0. The van der Waals surface area contributed by atoms with Crippen LogP contribution in [0.2, 0.25) is 0 Å². The molecule has 0 atom stereocenters. The Bertz CT molecular complexity index is 552. The maximum atomic E-state index is 11.0. The highest BCUT2D eigenvalue weighted by molar-refractivity contribution is 5.87. The van der Waals surface area contributed by atoms with Crippen LogP contribution in [0.4, 0.5) is 11.5 Å². The number of hydrogen-bond acceptors (Lipinski definition) is 3. The third kappa shape index (κ3) is 3.82. The van der Waals surface area contributed by atoms with Crippen molar-refractivity contribution in [2.45, 2.75) is 20.4 Å². The van der Waals surface area contributed by atoms with Crippen molar-refractivity contribution in [2.75, 3.05) is 16.8 Å². The predicted molar refractivity (Wildman–Crippen MR) is 81.7 cm³/mol. The second-order valence-electron chi connectivity index (χ2n) is 4.58. The summed E-state index contributed by atoms with van der Waals surface area (Å²) < 4.78 is 0. The normalized spacial score (nSPS) is 10.1. The molecule has 1 heterocycles. The molecule has 104 valence electrons. The van der Waals surface area contributed by atoms with Crippen LogP contribution < -0.4 is 10.2 Å². The van der Waals surface area contributed by atoms with E-state index in [4.69, 9.17) is 0 Å². The van der Waals surface area contributed by atoms with Gasteiger partial charge in [-0.1, -0.05) is 30.3 Å². The maximum absolute atomic E-state index is 11.0. The number of carbonyl (C=O) groups excluding carboxylic acids is 1. The van der Waals surface area contributed by atoms with Crippen LogP contribution in [0.15, 0.2) is 48.7 Å². The molecule has 0 spiro atoms. The van der Waals surface area contributed by atoms with Gasteiger partial charge in [-0.25, -0.2) is 4.98 Å². The molecule has 1 amide bonds. The molecule has 1 aromatic heterocycles. The summed E-state index contributed by atoms with van der Waals surface area (Å²) >= 11 is 0. The van der Waals surface area contributed by atoms with E-state index in [2.05, 4.69) is 34.3 Å². The zero-order chi connectivity index (χ0) is 14.4. The van der Waals surface area contributed by atoms with Gasteiger partial charge in [0.1, 0.15) is 5.82 Å². The van der Waals surface area contributed by atoms with Crippen molar-refractivity contribution in [3.05, 3.63) is 54.2 Å². The zero-order valence-corrected chi connectivity index (χ0v) is 11.8. The molecule has 0 unspecified atom stereocenters. The number of carbonyl (C=O) groups is 1. The van der Waals surface area contributed by atoms with Crippen molar-refractivity contribution >= 4 is 17.4 Å². The number of anilines is 2. The lowest BCUT2D eigenvalue weighted by Gasteiger charge is -2.23. The Kier molecular flexibility index (Phi) is 4.71. The van der Waals surface area contributed by atoms with Crippen LogP contribution in [0.25, 0.3) is 0 Å². The van der Waals surface area contributed by atoms with Crippen molar-refractivity contribution < 1.29 is 4.79 Å². The molecule has 0 aliphatic rings. The maximum Gasteiger partial charge on any atom is 0.222 e. The smallest absolute Gasteiger partial charge is 0.222 e. The number of rotatable bonds is 5. The first-order valence-electron chi connectivity index (χ1n) is 6.71. The molecule has 0 bridgehead atoms. The summed E-state index contributed by atoms with van der Waals surface area (Å²) in [4.78, 5) is 17.5. The van der Waals surface area contributed by atoms with Gasteiger partial charge in [0.15, 0.2) is 0 Å². The Balaban J connectivity index is 2.09. The van der Waals surface area contributed by atoms with Crippen LogP contribution >= 0.6 is 0 Å². The largest absolute Gasteiger partial charge is 0.366 e. The molecule has 0 aliphatic heterocycles. The Hall–Kier alpha value is -2.36. The molecular formula is C16H19N3O. The second-order valence-corrected chi connectivity index (χ2v) is 4.58. The Morgan fingerprint density at radius 2 is 1.95 bits per heavy atom. The number of nitrogens with zero attached hydrogens (tertiary/aromatic N) is 2. The average molecular weight is 269 g/mol. The van der Waals surface area contributed by atoms with E-state index in [0.717, 1.165) is 18.8 Å². The number of nitrogens with one attached hydrogen (secondary N) is 1. The van der Waals surface area contributed by atoms with Crippen LogP contribution in [0, 0.1) is 0 Å². The van der Waals surface area contributed by atoms with E-state index in [1.54, 1.807) is 6.20 Å². The first kappa shape index (κ1) is 14.1. The quantitative estimate of drug-likeness (QED) is 0.907. The van der Waals surface area contributed by atoms with Crippen LogP contribution in [-0.2, 0) is 11.3 Å². The van der Waals surface area contributed by atoms with Crippen molar-refractivity contribution in [2.24, 2.45) is 0 Å². The van der Waals surface area contributed by atoms with Crippen molar-refractivity contribution in [3.63, 3.8) is 0 Å². The molecule has 2 aromatic rings. The highest BCUT2D eigenvalue weighted by Gasteiger charge is 2.06. The van der Waals surface area contributed by atoms with Gasteiger partial charge < -0.3 is 10.2 Å². The average Bonchev–Trinajstić information content (AvgIpc) is 2.46. The summed E-state index contributed by atoms with van der Waals surface area (Å²) in [5.41, 5.74) is 2.31. The first-order valence-corrected chi connectivity index (χ1v) is 6.71. The molecule has 1 aromatic carbocycles. The van der Waals surface area contributed by atoms with E-state index < -0.39 is 0 Å². The third-order valence-electron chi connectivity index (χ3n) is 3.02. The predicted octanol–water partition coefficient (Wildman–Crippen LogP) is 3.07. The van der Waals surface area contributed by atoms with Gasteiger partial charge in [0, 0.05) is 20.0 Å². The zero-order valence-electron chi connectivity index (χ0n) is 11.8. The van der Waals surface area contributed by atoms with Crippen molar-refractivity contribution in [3.8, 4) is 0 Å². The minimum atomic E-state index is -0.109. The summed E-state index contributed by atoms with van der Waals surface area (Å²) in [6.45, 7) is 5.34. The molecule has 0 saturated carbocycles. The van der Waals surface area contributed by atoms with E-state index in [0.29, 0.717) is 5.82 Å². The van der Waals surface area contributed by atoms with E-state index in [1.807, 2.05) is 30.3 Å². The highest BCUT2D eigenvalue weighted by Crippen LogP contribution is 2.17. The van der Waals surface area contributed by atoms with Crippen LogP contribution in [0.1, 0.15) is 19.4 Å². The minimum Gasteiger partial charge on any atom is -0.366 e. The van der Waals surface area contributed by atoms with Gasteiger partial charge in [0.2, 0.25) is 5.91 Å². The summed E-state index contributed by atoms with van der Waals surface area (Å²) in [6.07, 6.45) is 1.79. The molecule has 2 rings (SSSR count). The Morgan fingerprint density at radius 1 is 1.20 bits per heavy atom. The standard InChI is InChI=1S/C16H19N3O/c1-3-19(12-14-7-5-4-6-8-14)15-9-10-16(17-11-15)18-13(2)20/h4-11H,3,12H2,1-2H3,(H,17,18,20). The minimum absolute atomic E-state index is 0.109. The Labute approximate surface area is 119 Å². The molecule has 1 N–H and O–H groups in total. The first-order chi connectivity index (χ1) is 9.69.